The molecule has 39 heavy (non-hydrogen) atoms. The molecule has 3 aliphatic rings. The Morgan fingerprint density at radius 1 is 1.10 bits per heavy atom. The SMILES string of the molecule is CCOc1ccc(NC(=O)[C@H]2[C@H]3C(=O)N([C@H](C)CO)C(C(=O)Nc4c(C)cccc4C)C34CC[C@]2(C)O4)cc1. The van der Waals surface area contributed by atoms with E-state index in [9.17, 15) is 19.5 Å². The van der Waals surface area contributed by atoms with Crippen LogP contribution < -0.4 is 15.4 Å². The summed E-state index contributed by atoms with van der Waals surface area (Å²) in [4.78, 5) is 43.3. The van der Waals surface area contributed by atoms with Crippen LogP contribution in [0, 0.1) is 25.7 Å². The topological polar surface area (TPSA) is 117 Å². The van der Waals surface area contributed by atoms with Crippen molar-refractivity contribution >= 4 is 29.1 Å². The Morgan fingerprint density at radius 3 is 2.38 bits per heavy atom. The average molecular weight is 536 g/mol. The predicted molar refractivity (Wildman–Crippen MR) is 146 cm³/mol. The summed E-state index contributed by atoms with van der Waals surface area (Å²) in [6.07, 6.45) is 0.999. The minimum absolute atomic E-state index is 0.317. The minimum Gasteiger partial charge on any atom is -0.494 e. The first-order valence-electron chi connectivity index (χ1n) is 13.6. The van der Waals surface area contributed by atoms with Crippen molar-refractivity contribution in [2.45, 2.75) is 70.7 Å². The maximum absolute atomic E-state index is 14.1. The number of ether oxygens (including phenoxy) is 2. The zero-order chi connectivity index (χ0) is 28.1. The van der Waals surface area contributed by atoms with Gasteiger partial charge in [0.15, 0.2) is 0 Å². The lowest BCUT2D eigenvalue weighted by Crippen LogP contribution is -2.56. The fourth-order valence-corrected chi connectivity index (χ4v) is 6.85. The monoisotopic (exact) mass is 535 g/mol. The van der Waals surface area contributed by atoms with E-state index in [1.54, 1.807) is 31.2 Å². The van der Waals surface area contributed by atoms with Gasteiger partial charge >= 0.3 is 0 Å². The lowest BCUT2D eigenvalue weighted by atomic mass is 9.66. The molecule has 3 amide bonds. The predicted octanol–water partition coefficient (Wildman–Crippen LogP) is 3.42. The van der Waals surface area contributed by atoms with E-state index in [1.165, 1.54) is 4.90 Å². The summed E-state index contributed by atoms with van der Waals surface area (Å²) in [6.45, 7) is 9.51. The van der Waals surface area contributed by atoms with Crippen molar-refractivity contribution in [2.24, 2.45) is 11.8 Å². The number of benzene rings is 2. The summed E-state index contributed by atoms with van der Waals surface area (Å²) in [7, 11) is 0. The van der Waals surface area contributed by atoms with Gasteiger partial charge in [-0.05, 0) is 82.9 Å². The Labute approximate surface area is 228 Å². The van der Waals surface area contributed by atoms with Crippen molar-refractivity contribution in [1.82, 2.24) is 4.90 Å². The number of hydrogen-bond acceptors (Lipinski definition) is 6. The van der Waals surface area contributed by atoms with Crippen LogP contribution in [0.2, 0.25) is 0 Å². The fraction of sp³-hybridized carbons (Fsp3) is 0.500. The van der Waals surface area contributed by atoms with E-state index in [1.807, 2.05) is 45.9 Å². The summed E-state index contributed by atoms with van der Waals surface area (Å²) in [6, 6.07) is 11.2. The zero-order valence-corrected chi connectivity index (χ0v) is 23.1. The number of likely N-dealkylation sites (tertiary alicyclic amines) is 1. The molecule has 2 aromatic rings. The van der Waals surface area contributed by atoms with E-state index >= 15 is 0 Å². The van der Waals surface area contributed by atoms with Crippen LogP contribution in [0.4, 0.5) is 11.4 Å². The highest BCUT2D eigenvalue weighted by Crippen LogP contribution is 2.63. The maximum atomic E-state index is 14.1. The first-order chi connectivity index (χ1) is 18.6. The molecule has 0 radical (unpaired) electrons. The van der Waals surface area contributed by atoms with E-state index in [2.05, 4.69) is 10.6 Å². The molecule has 6 atom stereocenters. The number of rotatable bonds is 8. The molecule has 208 valence electrons. The van der Waals surface area contributed by atoms with E-state index in [-0.39, 0.29) is 24.3 Å². The van der Waals surface area contributed by atoms with Gasteiger partial charge in [-0.3, -0.25) is 14.4 Å². The number of aliphatic hydroxyl groups excluding tert-OH is 1. The van der Waals surface area contributed by atoms with Crippen LogP contribution in [-0.4, -0.2) is 64.2 Å². The first-order valence-corrected chi connectivity index (χ1v) is 13.6. The summed E-state index contributed by atoms with van der Waals surface area (Å²) < 4.78 is 12.1. The molecule has 0 aromatic heterocycles. The van der Waals surface area contributed by atoms with Crippen LogP contribution in [0.5, 0.6) is 5.75 Å². The summed E-state index contributed by atoms with van der Waals surface area (Å²) in [5.41, 5.74) is 1.01. The van der Waals surface area contributed by atoms with Crippen molar-refractivity contribution in [3.8, 4) is 5.75 Å². The largest absolute Gasteiger partial charge is 0.494 e. The van der Waals surface area contributed by atoms with Gasteiger partial charge in [-0.1, -0.05) is 18.2 Å². The van der Waals surface area contributed by atoms with Crippen LogP contribution in [-0.2, 0) is 19.1 Å². The second-order valence-corrected chi connectivity index (χ2v) is 11.2. The Balaban J connectivity index is 1.49. The lowest BCUT2D eigenvalue weighted by molar-refractivity contribution is -0.146. The van der Waals surface area contributed by atoms with Gasteiger partial charge in [-0.25, -0.2) is 0 Å². The molecule has 0 saturated carbocycles. The van der Waals surface area contributed by atoms with Crippen LogP contribution in [0.15, 0.2) is 42.5 Å². The highest BCUT2D eigenvalue weighted by molar-refractivity contribution is 6.05. The number of hydrogen-bond donors (Lipinski definition) is 3. The van der Waals surface area contributed by atoms with Gasteiger partial charge in [0.25, 0.3) is 0 Å². The maximum Gasteiger partial charge on any atom is 0.250 e. The summed E-state index contributed by atoms with van der Waals surface area (Å²) >= 11 is 0. The zero-order valence-electron chi connectivity index (χ0n) is 23.1. The first kappa shape index (κ1) is 27.1. The van der Waals surface area contributed by atoms with Crippen LogP contribution in [0.3, 0.4) is 0 Å². The molecule has 9 nitrogen and oxygen atoms in total. The molecular weight excluding hydrogens is 498 g/mol. The third-order valence-corrected chi connectivity index (χ3v) is 8.65. The number of carbonyl (C=O) groups excluding carboxylic acids is 3. The molecule has 3 N–H and O–H groups in total. The van der Waals surface area contributed by atoms with Crippen molar-refractivity contribution in [1.29, 1.82) is 0 Å². The lowest BCUT2D eigenvalue weighted by Gasteiger charge is -2.36. The van der Waals surface area contributed by atoms with Crippen molar-refractivity contribution < 1.29 is 29.0 Å². The number of amides is 3. The van der Waals surface area contributed by atoms with Gasteiger partial charge in [-0.15, -0.1) is 0 Å². The van der Waals surface area contributed by atoms with Crippen LogP contribution >= 0.6 is 0 Å². The Hall–Kier alpha value is -3.43. The molecule has 0 aliphatic carbocycles. The molecule has 5 rings (SSSR count). The fourth-order valence-electron chi connectivity index (χ4n) is 6.85. The Bertz CT molecular complexity index is 1280. The van der Waals surface area contributed by atoms with Crippen molar-refractivity contribution in [3.05, 3.63) is 53.6 Å². The van der Waals surface area contributed by atoms with Crippen molar-refractivity contribution in [2.75, 3.05) is 23.8 Å². The standard InChI is InChI=1S/C30H37N3O6/c1-6-38-21-12-10-20(11-13-21)31-26(35)22-23-28(37)33(19(4)16-34)25(30(23)15-14-29(22,5)39-30)27(36)32-24-17(2)8-7-9-18(24)3/h7-13,19,22-23,25,34H,6,14-16H2,1-5H3,(H,31,35)(H,32,36)/t19-,22-,23+,25?,29+,30?/m1/s1. The third-order valence-electron chi connectivity index (χ3n) is 8.65. The number of anilines is 2. The molecular formula is C30H37N3O6. The number of nitrogens with one attached hydrogen (secondary N) is 2. The molecule has 3 heterocycles. The Kier molecular flexibility index (Phi) is 6.93. The van der Waals surface area contributed by atoms with Gasteiger partial charge in [0, 0.05) is 11.4 Å². The Morgan fingerprint density at radius 2 is 1.77 bits per heavy atom. The number of aliphatic hydroxyl groups is 1. The summed E-state index contributed by atoms with van der Waals surface area (Å²) in [5, 5.41) is 16.0. The third kappa shape index (κ3) is 4.28. The van der Waals surface area contributed by atoms with Crippen LogP contribution in [0.1, 0.15) is 44.7 Å². The van der Waals surface area contributed by atoms with E-state index < -0.39 is 35.1 Å². The van der Waals surface area contributed by atoms with Gasteiger partial charge in [-0.2, -0.15) is 0 Å². The highest BCUT2D eigenvalue weighted by atomic mass is 16.5. The smallest absolute Gasteiger partial charge is 0.250 e. The molecule has 2 unspecified atom stereocenters. The second kappa shape index (κ2) is 9.95. The van der Waals surface area contributed by atoms with Gasteiger partial charge < -0.3 is 30.1 Å². The molecule has 3 saturated heterocycles. The minimum atomic E-state index is -1.17. The van der Waals surface area contributed by atoms with Gasteiger partial charge in [0.05, 0.1) is 36.7 Å². The number of fused-ring (bicyclic) bond motifs is 1. The quantitative estimate of drug-likeness (QED) is 0.477. The molecule has 3 aliphatic heterocycles. The van der Waals surface area contributed by atoms with Crippen molar-refractivity contribution in [3.63, 3.8) is 0 Å². The summed E-state index contributed by atoms with van der Waals surface area (Å²) in [5.74, 6) is -1.98. The van der Waals surface area contributed by atoms with E-state index in [0.717, 1.165) is 11.1 Å². The van der Waals surface area contributed by atoms with E-state index in [0.29, 0.717) is 36.6 Å². The second-order valence-electron chi connectivity index (χ2n) is 11.2. The number of aryl methyl sites for hydroxylation is 2. The number of para-hydroxylation sites is 1. The number of nitrogens with zero attached hydrogens (tertiary/aromatic N) is 1. The highest BCUT2D eigenvalue weighted by Gasteiger charge is 2.78. The normalized spacial score (nSPS) is 29.7. The molecule has 1 spiro atoms. The van der Waals surface area contributed by atoms with Gasteiger partial charge in [0.1, 0.15) is 17.4 Å². The molecule has 3 fully saturated rings. The molecule has 2 bridgehead atoms. The van der Waals surface area contributed by atoms with E-state index in [4.69, 9.17) is 9.47 Å². The van der Waals surface area contributed by atoms with Gasteiger partial charge in [0.2, 0.25) is 17.7 Å². The van der Waals surface area contributed by atoms with Crippen LogP contribution in [0.25, 0.3) is 0 Å². The molecule has 9 heteroatoms. The number of carbonyl (C=O) groups is 3. The average Bonchev–Trinajstić information content (AvgIpc) is 3.47. The molecule has 2 aromatic carbocycles.